The first-order valence-electron chi connectivity index (χ1n) is 5.58. The predicted octanol–water partition coefficient (Wildman–Crippen LogP) is 3.34. The number of nitrogens with one attached hydrogen (secondary N) is 1. The van der Waals surface area contributed by atoms with Crippen LogP contribution >= 0.6 is 0 Å². The monoisotopic (exact) mass is 199 g/mol. The van der Waals surface area contributed by atoms with Crippen LogP contribution in [0.3, 0.4) is 0 Å². The number of benzene rings is 2. The Hall–Kier alpha value is -1.34. The Morgan fingerprint density at radius 1 is 1.00 bits per heavy atom. The summed E-state index contributed by atoms with van der Waals surface area (Å²) in [7, 11) is 0. The van der Waals surface area contributed by atoms with Crippen LogP contribution in [0.25, 0.3) is 10.8 Å². The molecular weight excluding hydrogens is 182 g/mol. The standard InChI is InChI=1S/C14H17N/c1-2-9-15-11-12-7-8-13-5-3-4-6-14(13)10-12/h3-8,10,15H,2,9,11H2,1H3. The van der Waals surface area contributed by atoms with Gasteiger partial charge in [-0.25, -0.2) is 0 Å². The molecule has 0 saturated heterocycles. The van der Waals surface area contributed by atoms with E-state index in [0.29, 0.717) is 0 Å². The maximum atomic E-state index is 3.42. The van der Waals surface area contributed by atoms with Gasteiger partial charge in [0.2, 0.25) is 0 Å². The largest absolute Gasteiger partial charge is 0.313 e. The summed E-state index contributed by atoms with van der Waals surface area (Å²) in [6.07, 6.45) is 1.19. The first-order chi connectivity index (χ1) is 7.40. The van der Waals surface area contributed by atoms with Gasteiger partial charge in [-0.15, -0.1) is 0 Å². The van der Waals surface area contributed by atoms with Crippen LogP contribution in [0, 0.1) is 0 Å². The average Bonchev–Trinajstić information content (AvgIpc) is 2.29. The molecule has 2 aromatic rings. The lowest BCUT2D eigenvalue weighted by molar-refractivity contribution is 0.676. The van der Waals surface area contributed by atoms with Crippen molar-refractivity contribution in [1.82, 2.24) is 5.32 Å². The van der Waals surface area contributed by atoms with E-state index in [-0.39, 0.29) is 0 Å². The molecule has 1 heteroatoms. The summed E-state index contributed by atoms with van der Waals surface area (Å²) in [5, 5.41) is 6.06. The van der Waals surface area contributed by atoms with E-state index in [9.17, 15) is 0 Å². The topological polar surface area (TPSA) is 12.0 Å². The molecule has 0 aliphatic rings. The van der Waals surface area contributed by atoms with Gasteiger partial charge in [0.25, 0.3) is 0 Å². The molecule has 0 unspecified atom stereocenters. The first-order valence-corrected chi connectivity index (χ1v) is 5.58. The highest BCUT2D eigenvalue weighted by Gasteiger charge is 1.95. The van der Waals surface area contributed by atoms with Gasteiger partial charge in [-0.2, -0.15) is 0 Å². The van der Waals surface area contributed by atoms with E-state index in [2.05, 4.69) is 54.7 Å². The Bertz CT molecular complexity index is 434. The molecule has 78 valence electrons. The zero-order valence-electron chi connectivity index (χ0n) is 9.16. The van der Waals surface area contributed by atoms with Crippen molar-refractivity contribution >= 4 is 10.8 Å². The van der Waals surface area contributed by atoms with Crippen LogP contribution in [0.5, 0.6) is 0 Å². The minimum atomic E-state index is 0.971. The van der Waals surface area contributed by atoms with Crippen molar-refractivity contribution in [2.75, 3.05) is 6.54 Å². The van der Waals surface area contributed by atoms with Gasteiger partial charge in [0, 0.05) is 6.54 Å². The summed E-state index contributed by atoms with van der Waals surface area (Å²) in [4.78, 5) is 0. The van der Waals surface area contributed by atoms with Crippen LogP contribution in [-0.2, 0) is 6.54 Å². The summed E-state index contributed by atoms with van der Waals surface area (Å²) in [6.45, 7) is 4.25. The van der Waals surface area contributed by atoms with Gasteiger partial charge in [0.15, 0.2) is 0 Å². The second-order valence-corrected chi connectivity index (χ2v) is 3.86. The maximum Gasteiger partial charge on any atom is 0.0205 e. The smallest absolute Gasteiger partial charge is 0.0205 e. The second kappa shape index (κ2) is 4.94. The third kappa shape index (κ3) is 2.57. The molecule has 2 aromatic carbocycles. The molecule has 0 heterocycles. The molecule has 0 atom stereocenters. The number of hydrogen-bond donors (Lipinski definition) is 1. The normalized spacial score (nSPS) is 10.7. The van der Waals surface area contributed by atoms with Gasteiger partial charge in [-0.05, 0) is 35.4 Å². The van der Waals surface area contributed by atoms with Crippen molar-refractivity contribution < 1.29 is 0 Å². The maximum absolute atomic E-state index is 3.42. The molecule has 15 heavy (non-hydrogen) atoms. The molecule has 0 aliphatic carbocycles. The van der Waals surface area contributed by atoms with Crippen LogP contribution in [0.4, 0.5) is 0 Å². The molecule has 1 N–H and O–H groups in total. The van der Waals surface area contributed by atoms with E-state index in [1.54, 1.807) is 0 Å². The molecule has 0 saturated carbocycles. The Morgan fingerprint density at radius 2 is 1.80 bits per heavy atom. The van der Waals surface area contributed by atoms with Crippen molar-refractivity contribution in [2.45, 2.75) is 19.9 Å². The summed E-state index contributed by atoms with van der Waals surface area (Å²) >= 11 is 0. The minimum absolute atomic E-state index is 0.971. The van der Waals surface area contributed by atoms with E-state index in [4.69, 9.17) is 0 Å². The van der Waals surface area contributed by atoms with Gasteiger partial charge in [0.05, 0.1) is 0 Å². The number of hydrogen-bond acceptors (Lipinski definition) is 1. The van der Waals surface area contributed by atoms with E-state index < -0.39 is 0 Å². The average molecular weight is 199 g/mol. The van der Waals surface area contributed by atoms with E-state index in [0.717, 1.165) is 13.1 Å². The fourth-order valence-corrected chi connectivity index (χ4v) is 1.76. The van der Waals surface area contributed by atoms with Crippen LogP contribution in [0.1, 0.15) is 18.9 Å². The minimum Gasteiger partial charge on any atom is -0.313 e. The van der Waals surface area contributed by atoms with Crippen molar-refractivity contribution in [3.05, 3.63) is 48.0 Å². The summed E-state index contributed by atoms with van der Waals surface area (Å²) in [5.41, 5.74) is 1.36. The highest BCUT2D eigenvalue weighted by Crippen LogP contribution is 2.15. The van der Waals surface area contributed by atoms with E-state index >= 15 is 0 Å². The van der Waals surface area contributed by atoms with Crippen LogP contribution < -0.4 is 5.32 Å². The molecule has 0 aromatic heterocycles. The summed E-state index contributed by atoms with van der Waals surface area (Å²) in [6, 6.07) is 15.1. The van der Waals surface area contributed by atoms with Crippen molar-refractivity contribution in [3.8, 4) is 0 Å². The molecule has 0 spiro atoms. The second-order valence-electron chi connectivity index (χ2n) is 3.86. The molecule has 0 fully saturated rings. The van der Waals surface area contributed by atoms with Crippen LogP contribution in [-0.4, -0.2) is 6.54 Å². The lowest BCUT2D eigenvalue weighted by Gasteiger charge is -2.04. The highest BCUT2D eigenvalue weighted by atomic mass is 14.8. The molecule has 0 radical (unpaired) electrons. The Balaban J connectivity index is 2.16. The molecule has 2 rings (SSSR count). The van der Waals surface area contributed by atoms with Crippen molar-refractivity contribution in [3.63, 3.8) is 0 Å². The van der Waals surface area contributed by atoms with Crippen molar-refractivity contribution in [2.24, 2.45) is 0 Å². The zero-order chi connectivity index (χ0) is 10.5. The highest BCUT2D eigenvalue weighted by molar-refractivity contribution is 5.82. The Labute approximate surface area is 91.1 Å². The molecule has 1 nitrogen and oxygen atoms in total. The van der Waals surface area contributed by atoms with Gasteiger partial charge >= 0.3 is 0 Å². The fraction of sp³-hybridized carbons (Fsp3) is 0.286. The molecule has 0 aliphatic heterocycles. The van der Waals surface area contributed by atoms with E-state index in [1.807, 2.05) is 0 Å². The third-order valence-electron chi connectivity index (χ3n) is 2.57. The summed E-state index contributed by atoms with van der Waals surface area (Å²) in [5.74, 6) is 0. The van der Waals surface area contributed by atoms with Crippen LogP contribution in [0.15, 0.2) is 42.5 Å². The predicted molar refractivity (Wildman–Crippen MR) is 65.9 cm³/mol. The van der Waals surface area contributed by atoms with Gasteiger partial charge < -0.3 is 5.32 Å². The van der Waals surface area contributed by atoms with Crippen molar-refractivity contribution in [1.29, 1.82) is 0 Å². The fourth-order valence-electron chi connectivity index (χ4n) is 1.76. The quantitative estimate of drug-likeness (QED) is 0.745. The Kier molecular flexibility index (Phi) is 3.36. The van der Waals surface area contributed by atoms with Gasteiger partial charge in [0.1, 0.15) is 0 Å². The zero-order valence-corrected chi connectivity index (χ0v) is 9.16. The first kappa shape index (κ1) is 10.2. The molecule has 0 amide bonds. The lowest BCUT2D eigenvalue weighted by Crippen LogP contribution is -2.13. The van der Waals surface area contributed by atoms with Gasteiger partial charge in [-0.1, -0.05) is 43.3 Å². The van der Waals surface area contributed by atoms with Gasteiger partial charge in [-0.3, -0.25) is 0 Å². The molecule has 0 bridgehead atoms. The lowest BCUT2D eigenvalue weighted by atomic mass is 10.1. The summed E-state index contributed by atoms with van der Waals surface area (Å²) < 4.78 is 0. The number of fused-ring (bicyclic) bond motifs is 1. The van der Waals surface area contributed by atoms with E-state index in [1.165, 1.54) is 22.8 Å². The SMILES string of the molecule is CCCNCc1ccc2ccccc2c1. The third-order valence-corrected chi connectivity index (χ3v) is 2.57. The van der Waals surface area contributed by atoms with Crippen LogP contribution in [0.2, 0.25) is 0 Å². The number of rotatable bonds is 4. The Morgan fingerprint density at radius 3 is 2.60 bits per heavy atom. The molecular formula is C14H17N.